The molecule has 0 atom stereocenters. The number of thioether (sulfide) groups is 1. The number of piperidine rings is 1. The number of aromatic nitrogens is 1. The number of hydrogen-bond donors (Lipinski definition) is 1. The van der Waals surface area contributed by atoms with Crippen molar-refractivity contribution in [3.8, 4) is 0 Å². The molecule has 3 rings (SSSR count). The summed E-state index contributed by atoms with van der Waals surface area (Å²) in [5, 5.41) is 7.24. The largest absolute Gasteiger partial charge is 0.317 e. The van der Waals surface area contributed by atoms with E-state index in [2.05, 4.69) is 16.4 Å². The lowest BCUT2D eigenvalue weighted by atomic mass is 10.2. The van der Waals surface area contributed by atoms with Gasteiger partial charge in [-0.05, 0) is 49.5 Å². The fourth-order valence-electron chi connectivity index (χ4n) is 2.27. The van der Waals surface area contributed by atoms with Crippen LogP contribution in [0.2, 0.25) is 5.02 Å². The summed E-state index contributed by atoms with van der Waals surface area (Å²) in [4.78, 5) is 5.32. The van der Waals surface area contributed by atoms with E-state index in [0.29, 0.717) is 5.25 Å². The van der Waals surface area contributed by atoms with Crippen molar-refractivity contribution < 1.29 is 0 Å². The third kappa shape index (κ3) is 3.54. The van der Waals surface area contributed by atoms with E-state index in [-0.39, 0.29) is 12.4 Å². The van der Waals surface area contributed by atoms with Gasteiger partial charge in [-0.1, -0.05) is 11.6 Å². The van der Waals surface area contributed by atoms with Gasteiger partial charge in [-0.3, -0.25) is 4.98 Å². The average molecular weight is 315 g/mol. The minimum absolute atomic E-state index is 0. The highest BCUT2D eigenvalue weighted by atomic mass is 35.5. The molecule has 0 spiro atoms. The van der Waals surface area contributed by atoms with E-state index in [0.717, 1.165) is 23.5 Å². The molecule has 1 aromatic heterocycles. The Kier molecular flexibility index (Phi) is 5.34. The maximum absolute atomic E-state index is 6.36. The first kappa shape index (κ1) is 14.9. The molecule has 1 aliphatic rings. The number of nitrogens with zero attached hydrogens (tertiary/aromatic N) is 1. The number of nitrogens with one attached hydrogen (secondary N) is 1. The zero-order chi connectivity index (χ0) is 12.4. The molecular formula is C14H16Cl2N2S. The van der Waals surface area contributed by atoms with Crippen LogP contribution in [0.25, 0.3) is 10.8 Å². The highest BCUT2D eigenvalue weighted by Crippen LogP contribution is 2.36. The lowest BCUT2D eigenvalue weighted by Gasteiger charge is -2.22. The van der Waals surface area contributed by atoms with Crippen molar-refractivity contribution in [2.24, 2.45) is 0 Å². The van der Waals surface area contributed by atoms with Crippen LogP contribution in [0.3, 0.4) is 0 Å². The predicted molar refractivity (Wildman–Crippen MR) is 85.7 cm³/mol. The third-order valence-corrected chi connectivity index (χ3v) is 5.09. The van der Waals surface area contributed by atoms with Crippen molar-refractivity contribution in [2.45, 2.75) is 23.0 Å². The van der Waals surface area contributed by atoms with Crippen molar-refractivity contribution in [2.75, 3.05) is 13.1 Å². The van der Waals surface area contributed by atoms with Gasteiger partial charge in [0.15, 0.2) is 0 Å². The molecule has 1 aromatic carbocycles. The molecule has 1 aliphatic heterocycles. The summed E-state index contributed by atoms with van der Waals surface area (Å²) in [5.41, 5.74) is 0. The van der Waals surface area contributed by atoms with Crippen LogP contribution >= 0.6 is 35.8 Å². The molecule has 0 bridgehead atoms. The molecule has 1 N–H and O–H groups in total. The first-order valence-corrected chi connectivity index (χ1v) is 7.49. The van der Waals surface area contributed by atoms with E-state index >= 15 is 0 Å². The topological polar surface area (TPSA) is 24.9 Å². The maximum Gasteiger partial charge on any atom is 0.0548 e. The van der Waals surface area contributed by atoms with E-state index in [1.807, 2.05) is 36.3 Å². The average Bonchev–Trinajstić information content (AvgIpc) is 2.41. The molecule has 19 heavy (non-hydrogen) atoms. The molecule has 0 amide bonds. The second kappa shape index (κ2) is 6.80. The van der Waals surface area contributed by atoms with Crippen molar-refractivity contribution in [3.05, 3.63) is 35.6 Å². The second-order valence-corrected chi connectivity index (χ2v) is 6.32. The summed E-state index contributed by atoms with van der Waals surface area (Å²) in [7, 11) is 0. The second-order valence-electron chi connectivity index (χ2n) is 4.57. The quantitative estimate of drug-likeness (QED) is 0.901. The Morgan fingerprint density at radius 2 is 2.00 bits per heavy atom. The summed E-state index contributed by atoms with van der Waals surface area (Å²) in [5.74, 6) is 0. The predicted octanol–water partition coefficient (Wildman–Crippen LogP) is 4.15. The van der Waals surface area contributed by atoms with Gasteiger partial charge in [0.2, 0.25) is 0 Å². The van der Waals surface area contributed by atoms with Crippen LogP contribution in [0.5, 0.6) is 0 Å². The van der Waals surface area contributed by atoms with Crippen molar-refractivity contribution >= 4 is 46.5 Å². The third-order valence-electron chi connectivity index (χ3n) is 3.27. The zero-order valence-corrected chi connectivity index (χ0v) is 12.8. The zero-order valence-electron chi connectivity index (χ0n) is 10.4. The van der Waals surface area contributed by atoms with E-state index in [9.17, 15) is 0 Å². The smallest absolute Gasteiger partial charge is 0.0548 e. The molecule has 0 unspecified atom stereocenters. The number of benzene rings is 1. The summed E-state index contributed by atoms with van der Waals surface area (Å²) in [6.45, 7) is 2.24. The van der Waals surface area contributed by atoms with E-state index in [4.69, 9.17) is 11.6 Å². The number of hydrogen-bond acceptors (Lipinski definition) is 3. The van der Waals surface area contributed by atoms with Crippen LogP contribution in [-0.4, -0.2) is 23.3 Å². The Morgan fingerprint density at radius 3 is 2.79 bits per heavy atom. The summed E-state index contributed by atoms with van der Waals surface area (Å²) < 4.78 is 0. The maximum atomic E-state index is 6.36. The van der Waals surface area contributed by atoms with Gasteiger partial charge in [-0.2, -0.15) is 0 Å². The van der Waals surface area contributed by atoms with Crippen molar-refractivity contribution in [3.63, 3.8) is 0 Å². The molecule has 1 fully saturated rings. The highest BCUT2D eigenvalue weighted by molar-refractivity contribution is 8.00. The first-order valence-electron chi connectivity index (χ1n) is 6.23. The van der Waals surface area contributed by atoms with Crippen LogP contribution in [0.1, 0.15) is 12.8 Å². The monoisotopic (exact) mass is 314 g/mol. The normalized spacial score (nSPS) is 16.3. The Balaban J connectivity index is 0.00000133. The van der Waals surface area contributed by atoms with Gasteiger partial charge >= 0.3 is 0 Å². The Hall–Kier alpha value is -0.480. The SMILES string of the molecule is Cl.Clc1cc2cnccc2cc1SC1CCNCC1. The van der Waals surface area contributed by atoms with Gasteiger partial charge < -0.3 is 5.32 Å². The number of rotatable bonds is 2. The van der Waals surface area contributed by atoms with E-state index in [1.165, 1.54) is 23.1 Å². The highest BCUT2D eigenvalue weighted by Gasteiger charge is 2.16. The Labute approximate surface area is 128 Å². The minimum Gasteiger partial charge on any atom is -0.317 e. The summed E-state index contributed by atoms with van der Waals surface area (Å²) in [6, 6.07) is 6.25. The van der Waals surface area contributed by atoms with E-state index in [1.54, 1.807) is 0 Å². The molecule has 2 heterocycles. The number of halogens is 2. The van der Waals surface area contributed by atoms with Crippen LogP contribution in [0, 0.1) is 0 Å². The fourth-order valence-corrected chi connectivity index (χ4v) is 3.77. The van der Waals surface area contributed by atoms with Crippen molar-refractivity contribution in [1.82, 2.24) is 10.3 Å². The number of pyridine rings is 1. The van der Waals surface area contributed by atoms with Gasteiger partial charge in [0.25, 0.3) is 0 Å². The molecule has 0 saturated carbocycles. The molecular weight excluding hydrogens is 299 g/mol. The van der Waals surface area contributed by atoms with Gasteiger partial charge in [0.05, 0.1) is 5.02 Å². The molecule has 2 nitrogen and oxygen atoms in total. The van der Waals surface area contributed by atoms with Crippen LogP contribution < -0.4 is 5.32 Å². The molecule has 0 aliphatic carbocycles. The molecule has 1 saturated heterocycles. The van der Waals surface area contributed by atoms with Gasteiger partial charge in [-0.25, -0.2) is 0 Å². The van der Waals surface area contributed by atoms with Crippen molar-refractivity contribution in [1.29, 1.82) is 0 Å². The minimum atomic E-state index is 0. The Bertz CT molecular complexity index is 556. The van der Waals surface area contributed by atoms with E-state index < -0.39 is 0 Å². The van der Waals surface area contributed by atoms with Crippen LogP contribution in [-0.2, 0) is 0 Å². The lowest BCUT2D eigenvalue weighted by Crippen LogP contribution is -2.29. The van der Waals surface area contributed by atoms with Crippen LogP contribution in [0.15, 0.2) is 35.5 Å². The van der Waals surface area contributed by atoms with Crippen LogP contribution in [0.4, 0.5) is 0 Å². The molecule has 2 aromatic rings. The lowest BCUT2D eigenvalue weighted by molar-refractivity contribution is 0.531. The number of fused-ring (bicyclic) bond motifs is 1. The summed E-state index contributed by atoms with van der Waals surface area (Å²) >= 11 is 8.27. The molecule has 0 radical (unpaired) electrons. The molecule has 102 valence electrons. The van der Waals surface area contributed by atoms with Gasteiger partial charge in [0, 0.05) is 27.9 Å². The summed E-state index contributed by atoms with van der Waals surface area (Å²) in [6.07, 6.45) is 6.13. The fraction of sp³-hybridized carbons (Fsp3) is 0.357. The molecule has 5 heteroatoms. The van der Waals surface area contributed by atoms with Gasteiger partial charge in [0.1, 0.15) is 0 Å². The first-order chi connectivity index (χ1) is 8.83. The standard InChI is InChI=1S/C14H15ClN2S.ClH/c15-13-7-11-9-17-4-1-10(11)8-14(13)18-12-2-5-16-6-3-12;/h1,4,7-9,12,16H,2-3,5-6H2;1H. The Morgan fingerprint density at radius 1 is 1.21 bits per heavy atom. The van der Waals surface area contributed by atoms with Gasteiger partial charge in [-0.15, -0.1) is 24.2 Å².